The molecule has 1 aromatic heterocycles. The highest BCUT2D eigenvalue weighted by Crippen LogP contribution is 2.20. The molecule has 7 heteroatoms. The van der Waals surface area contributed by atoms with Crippen LogP contribution in [0.3, 0.4) is 0 Å². The van der Waals surface area contributed by atoms with Crippen molar-refractivity contribution >= 4 is 6.03 Å². The Hall–Kier alpha value is -2.57. The predicted molar refractivity (Wildman–Crippen MR) is 89.4 cm³/mol. The van der Waals surface area contributed by atoms with Gasteiger partial charge in [0.15, 0.2) is 0 Å². The average molecular weight is 334 g/mol. The number of halogens is 1. The minimum absolute atomic E-state index is 0.280. The van der Waals surface area contributed by atoms with Crippen molar-refractivity contribution in [3.63, 3.8) is 0 Å². The Bertz CT molecular complexity index is 742. The first-order valence-corrected chi connectivity index (χ1v) is 7.70. The monoisotopic (exact) mass is 334 g/mol. The lowest BCUT2D eigenvalue weighted by Crippen LogP contribution is -2.36. The molecule has 130 valence electrons. The molecule has 0 spiro atoms. The standard InChI is InChI=1S/C17H23FN4O2/c1-10-6-7-13(8-15(10)18)11(2)20-17(23)19-9-14-12(3)21-22(4)16(14)24-5/h6-8,11H,9H2,1-5H3,(H2,19,20,23)/t11-/m1/s1. The maximum atomic E-state index is 13.6. The van der Waals surface area contributed by atoms with Crippen molar-refractivity contribution in [2.45, 2.75) is 33.4 Å². The number of hydrogen-bond donors (Lipinski definition) is 2. The SMILES string of the molecule is COc1c(CNC(=O)N[C@H](C)c2ccc(C)c(F)c2)c(C)nn1C. The summed E-state index contributed by atoms with van der Waals surface area (Å²) < 4.78 is 20.5. The molecule has 2 amide bonds. The van der Waals surface area contributed by atoms with Crippen LogP contribution in [0.4, 0.5) is 9.18 Å². The van der Waals surface area contributed by atoms with Crippen LogP contribution in [0.1, 0.15) is 35.3 Å². The number of nitrogens with zero attached hydrogens (tertiary/aromatic N) is 2. The zero-order valence-corrected chi connectivity index (χ0v) is 14.6. The zero-order chi connectivity index (χ0) is 17.9. The molecule has 2 aromatic rings. The van der Waals surface area contributed by atoms with Crippen LogP contribution in [0.15, 0.2) is 18.2 Å². The number of carbonyl (C=O) groups excluding carboxylic acids is 1. The van der Waals surface area contributed by atoms with Crippen molar-refractivity contribution in [2.24, 2.45) is 7.05 Å². The summed E-state index contributed by atoms with van der Waals surface area (Å²) in [5.41, 5.74) is 2.91. The van der Waals surface area contributed by atoms with Gasteiger partial charge in [-0.15, -0.1) is 0 Å². The lowest BCUT2D eigenvalue weighted by Gasteiger charge is -2.16. The van der Waals surface area contributed by atoms with Crippen LogP contribution in [-0.4, -0.2) is 22.9 Å². The van der Waals surface area contributed by atoms with E-state index in [9.17, 15) is 9.18 Å². The topological polar surface area (TPSA) is 68.2 Å². The molecule has 2 rings (SSSR count). The van der Waals surface area contributed by atoms with Crippen LogP contribution in [0.2, 0.25) is 0 Å². The number of ether oxygens (including phenoxy) is 1. The van der Waals surface area contributed by atoms with Crippen LogP contribution in [0, 0.1) is 19.7 Å². The Kier molecular flexibility index (Phi) is 5.43. The number of amides is 2. The Morgan fingerprint density at radius 3 is 2.75 bits per heavy atom. The lowest BCUT2D eigenvalue weighted by molar-refractivity contribution is 0.237. The molecule has 0 bridgehead atoms. The van der Waals surface area contributed by atoms with Crippen LogP contribution in [0.25, 0.3) is 0 Å². The minimum Gasteiger partial charge on any atom is -0.481 e. The Morgan fingerprint density at radius 1 is 1.42 bits per heavy atom. The smallest absolute Gasteiger partial charge is 0.315 e. The fourth-order valence-electron chi connectivity index (χ4n) is 2.52. The highest BCUT2D eigenvalue weighted by atomic mass is 19.1. The van der Waals surface area contributed by atoms with E-state index in [2.05, 4.69) is 15.7 Å². The normalized spacial score (nSPS) is 11.9. The first-order valence-electron chi connectivity index (χ1n) is 7.70. The molecule has 0 unspecified atom stereocenters. The van der Waals surface area contributed by atoms with E-state index in [4.69, 9.17) is 4.74 Å². The van der Waals surface area contributed by atoms with Gasteiger partial charge >= 0.3 is 6.03 Å². The molecule has 1 atom stereocenters. The summed E-state index contributed by atoms with van der Waals surface area (Å²) in [5.74, 6) is 0.332. The largest absolute Gasteiger partial charge is 0.481 e. The van der Waals surface area contributed by atoms with Gasteiger partial charge in [0.1, 0.15) is 5.82 Å². The highest BCUT2D eigenvalue weighted by molar-refractivity contribution is 5.74. The first-order chi connectivity index (χ1) is 11.3. The summed E-state index contributed by atoms with van der Waals surface area (Å²) in [6, 6.07) is 4.29. The van der Waals surface area contributed by atoms with Gasteiger partial charge in [-0.05, 0) is 38.0 Å². The molecular weight excluding hydrogens is 311 g/mol. The van der Waals surface area contributed by atoms with Gasteiger partial charge in [-0.25, -0.2) is 13.9 Å². The zero-order valence-electron chi connectivity index (χ0n) is 14.6. The minimum atomic E-state index is -0.339. The van der Waals surface area contributed by atoms with E-state index in [1.54, 1.807) is 44.8 Å². The van der Waals surface area contributed by atoms with Crippen molar-refractivity contribution in [1.29, 1.82) is 0 Å². The number of carbonyl (C=O) groups is 1. The highest BCUT2D eigenvalue weighted by Gasteiger charge is 2.16. The average Bonchev–Trinajstić information content (AvgIpc) is 2.80. The van der Waals surface area contributed by atoms with Crippen molar-refractivity contribution < 1.29 is 13.9 Å². The van der Waals surface area contributed by atoms with Gasteiger partial charge in [-0.2, -0.15) is 5.10 Å². The summed E-state index contributed by atoms with van der Waals surface area (Å²) in [7, 11) is 3.34. The van der Waals surface area contributed by atoms with Gasteiger partial charge in [0.2, 0.25) is 5.88 Å². The number of methoxy groups -OCH3 is 1. The van der Waals surface area contributed by atoms with Crippen molar-refractivity contribution in [3.05, 3.63) is 46.4 Å². The van der Waals surface area contributed by atoms with E-state index in [1.807, 2.05) is 6.92 Å². The van der Waals surface area contributed by atoms with Crippen molar-refractivity contribution in [2.75, 3.05) is 7.11 Å². The summed E-state index contributed by atoms with van der Waals surface area (Å²) in [5, 5.41) is 9.83. The number of aryl methyl sites for hydroxylation is 3. The lowest BCUT2D eigenvalue weighted by atomic mass is 10.1. The molecule has 0 aliphatic carbocycles. The molecule has 0 aliphatic heterocycles. The van der Waals surface area contributed by atoms with Gasteiger partial charge in [0, 0.05) is 7.05 Å². The van der Waals surface area contributed by atoms with Crippen LogP contribution in [0.5, 0.6) is 5.88 Å². The fraction of sp³-hybridized carbons (Fsp3) is 0.412. The van der Waals surface area contributed by atoms with E-state index < -0.39 is 0 Å². The third kappa shape index (κ3) is 3.84. The van der Waals surface area contributed by atoms with E-state index in [0.717, 1.165) is 11.3 Å². The van der Waals surface area contributed by atoms with Crippen LogP contribution < -0.4 is 15.4 Å². The van der Waals surface area contributed by atoms with Crippen LogP contribution >= 0.6 is 0 Å². The maximum absolute atomic E-state index is 13.6. The molecule has 0 saturated carbocycles. The van der Waals surface area contributed by atoms with E-state index in [1.165, 1.54) is 6.07 Å². The van der Waals surface area contributed by atoms with E-state index in [0.29, 0.717) is 23.6 Å². The van der Waals surface area contributed by atoms with Gasteiger partial charge in [-0.1, -0.05) is 12.1 Å². The van der Waals surface area contributed by atoms with Crippen LogP contribution in [-0.2, 0) is 13.6 Å². The Morgan fingerprint density at radius 2 is 2.12 bits per heavy atom. The van der Waals surface area contributed by atoms with E-state index >= 15 is 0 Å². The molecule has 0 saturated heterocycles. The summed E-state index contributed by atoms with van der Waals surface area (Å²) in [6.07, 6.45) is 0. The quantitative estimate of drug-likeness (QED) is 0.883. The van der Waals surface area contributed by atoms with Crippen molar-refractivity contribution in [1.82, 2.24) is 20.4 Å². The Labute approximate surface area is 141 Å². The summed E-state index contributed by atoms with van der Waals surface area (Å²) in [6.45, 7) is 5.66. The molecule has 0 aliphatic rings. The summed E-state index contributed by atoms with van der Waals surface area (Å²) in [4.78, 5) is 12.1. The second-order valence-corrected chi connectivity index (χ2v) is 5.75. The number of hydrogen-bond acceptors (Lipinski definition) is 3. The second kappa shape index (κ2) is 7.33. The molecule has 1 heterocycles. The molecule has 0 fully saturated rings. The molecule has 1 aromatic carbocycles. The molecular formula is C17H23FN4O2. The van der Waals surface area contributed by atoms with Crippen molar-refractivity contribution in [3.8, 4) is 5.88 Å². The van der Waals surface area contributed by atoms with Gasteiger partial charge in [0.05, 0.1) is 31.0 Å². The Balaban J connectivity index is 1.97. The molecule has 6 nitrogen and oxygen atoms in total. The van der Waals surface area contributed by atoms with Gasteiger partial charge < -0.3 is 15.4 Å². The van der Waals surface area contributed by atoms with Gasteiger partial charge in [-0.3, -0.25) is 0 Å². The number of rotatable bonds is 5. The summed E-state index contributed by atoms with van der Waals surface area (Å²) >= 11 is 0. The van der Waals surface area contributed by atoms with Gasteiger partial charge in [0.25, 0.3) is 0 Å². The first kappa shape index (κ1) is 17.8. The predicted octanol–water partition coefficient (Wildman–Crippen LogP) is 2.75. The number of nitrogens with one attached hydrogen (secondary N) is 2. The van der Waals surface area contributed by atoms with E-state index in [-0.39, 0.29) is 17.9 Å². The molecule has 0 radical (unpaired) electrons. The number of aromatic nitrogens is 2. The fourth-order valence-corrected chi connectivity index (χ4v) is 2.52. The maximum Gasteiger partial charge on any atom is 0.315 e. The third-order valence-electron chi connectivity index (χ3n) is 3.95. The molecule has 24 heavy (non-hydrogen) atoms. The number of benzene rings is 1. The third-order valence-corrected chi connectivity index (χ3v) is 3.95. The number of urea groups is 1. The molecule has 2 N–H and O–H groups in total. The second-order valence-electron chi connectivity index (χ2n) is 5.75.